The number of nitrogens with zero attached hydrogens (tertiary/aromatic N) is 1. The Labute approximate surface area is 181 Å². The molecule has 30 heavy (non-hydrogen) atoms. The molecule has 1 N–H and O–H groups in total. The average Bonchev–Trinajstić information content (AvgIpc) is 3.23. The van der Waals surface area contributed by atoms with E-state index in [1.54, 1.807) is 16.4 Å². The van der Waals surface area contributed by atoms with Crippen LogP contribution >= 0.6 is 11.3 Å². The summed E-state index contributed by atoms with van der Waals surface area (Å²) in [6.07, 6.45) is 3.08. The molecule has 1 aliphatic rings. The lowest BCUT2D eigenvalue weighted by molar-refractivity contribution is -0.121. The SMILES string of the molecule is CC(NC(=O)Cc1ccc(S(=O)(=O)N2CCCCC2)s1)c1ccc2ccccc2c1. The van der Waals surface area contributed by atoms with E-state index in [2.05, 4.69) is 29.6 Å². The van der Waals surface area contributed by atoms with E-state index >= 15 is 0 Å². The number of hydrogen-bond acceptors (Lipinski definition) is 4. The van der Waals surface area contributed by atoms with Crippen molar-refractivity contribution in [2.45, 2.75) is 42.9 Å². The lowest BCUT2D eigenvalue weighted by Crippen LogP contribution is -2.35. The first-order valence-corrected chi connectivity index (χ1v) is 12.6. The van der Waals surface area contributed by atoms with Crippen LogP contribution in [0.25, 0.3) is 10.8 Å². The van der Waals surface area contributed by atoms with Crippen LogP contribution in [0, 0.1) is 0 Å². The second-order valence-electron chi connectivity index (χ2n) is 7.76. The minimum atomic E-state index is -3.44. The number of benzene rings is 2. The van der Waals surface area contributed by atoms with Crippen LogP contribution in [0.1, 0.15) is 42.7 Å². The van der Waals surface area contributed by atoms with Crippen LogP contribution in [0.3, 0.4) is 0 Å². The zero-order valence-corrected chi connectivity index (χ0v) is 18.6. The van der Waals surface area contributed by atoms with E-state index in [0.717, 1.165) is 35.1 Å². The van der Waals surface area contributed by atoms with Crippen molar-refractivity contribution >= 4 is 38.0 Å². The van der Waals surface area contributed by atoms with Crippen LogP contribution < -0.4 is 5.32 Å². The molecule has 4 rings (SSSR count). The Hall–Kier alpha value is -2.22. The summed E-state index contributed by atoms with van der Waals surface area (Å²) in [5.41, 5.74) is 1.04. The fourth-order valence-corrected chi connectivity index (χ4v) is 6.86. The van der Waals surface area contributed by atoms with Crippen molar-refractivity contribution in [3.05, 3.63) is 65.0 Å². The van der Waals surface area contributed by atoms with Gasteiger partial charge in [0.1, 0.15) is 4.21 Å². The summed E-state index contributed by atoms with van der Waals surface area (Å²) in [6, 6.07) is 17.6. The molecule has 1 aromatic heterocycles. The highest BCUT2D eigenvalue weighted by atomic mass is 32.2. The number of sulfonamides is 1. The highest BCUT2D eigenvalue weighted by molar-refractivity contribution is 7.91. The standard InChI is InChI=1S/C23H26N2O3S2/c1-17(19-10-9-18-7-3-4-8-20(18)15-19)24-22(26)16-21-11-12-23(29-21)30(27,28)25-13-5-2-6-14-25/h3-4,7-12,15,17H,2,5-6,13-14,16H2,1H3,(H,24,26). The van der Waals surface area contributed by atoms with Crippen LogP contribution in [0.15, 0.2) is 58.8 Å². The van der Waals surface area contributed by atoms with Crippen molar-refractivity contribution in [2.75, 3.05) is 13.1 Å². The van der Waals surface area contributed by atoms with Crippen molar-refractivity contribution in [3.8, 4) is 0 Å². The van der Waals surface area contributed by atoms with Crippen LogP contribution in [-0.2, 0) is 21.2 Å². The van der Waals surface area contributed by atoms with Gasteiger partial charge < -0.3 is 5.32 Å². The largest absolute Gasteiger partial charge is 0.349 e. The van der Waals surface area contributed by atoms with Crippen molar-refractivity contribution in [3.63, 3.8) is 0 Å². The predicted molar refractivity (Wildman–Crippen MR) is 121 cm³/mol. The maximum atomic E-state index is 12.8. The number of fused-ring (bicyclic) bond motifs is 1. The Kier molecular flexibility index (Phi) is 6.22. The van der Waals surface area contributed by atoms with Crippen LogP contribution in [0.5, 0.6) is 0 Å². The first-order chi connectivity index (χ1) is 14.4. The van der Waals surface area contributed by atoms with Crippen LogP contribution in [0.2, 0.25) is 0 Å². The molecule has 0 aliphatic carbocycles. The van der Waals surface area contributed by atoms with Gasteiger partial charge in [-0.3, -0.25) is 4.79 Å². The molecule has 1 aliphatic heterocycles. The Bertz CT molecular complexity index is 1150. The van der Waals surface area contributed by atoms with E-state index in [1.165, 1.54) is 16.7 Å². The van der Waals surface area contributed by atoms with E-state index in [1.807, 2.05) is 25.1 Å². The van der Waals surface area contributed by atoms with Gasteiger partial charge in [-0.25, -0.2) is 8.42 Å². The van der Waals surface area contributed by atoms with Crippen LogP contribution in [0.4, 0.5) is 0 Å². The number of carbonyl (C=O) groups excluding carboxylic acids is 1. The molecule has 0 radical (unpaired) electrons. The molecule has 7 heteroatoms. The highest BCUT2D eigenvalue weighted by Gasteiger charge is 2.27. The molecule has 158 valence electrons. The quantitative estimate of drug-likeness (QED) is 0.611. The topological polar surface area (TPSA) is 66.5 Å². The average molecular weight is 443 g/mol. The molecule has 1 saturated heterocycles. The Morgan fingerprint density at radius 3 is 2.53 bits per heavy atom. The zero-order valence-electron chi connectivity index (χ0n) is 17.0. The minimum absolute atomic E-state index is 0.112. The summed E-state index contributed by atoms with van der Waals surface area (Å²) < 4.78 is 27.5. The summed E-state index contributed by atoms with van der Waals surface area (Å²) in [7, 11) is -3.44. The molecular formula is C23H26N2O3S2. The Balaban J connectivity index is 1.40. The summed E-state index contributed by atoms with van der Waals surface area (Å²) in [5.74, 6) is -0.112. The predicted octanol–water partition coefficient (Wildman–Crippen LogP) is 4.50. The third-order valence-corrected chi connectivity index (χ3v) is 8.98. The second-order valence-corrected chi connectivity index (χ2v) is 11.1. The van der Waals surface area contributed by atoms with Crippen molar-refractivity contribution in [2.24, 2.45) is 0 Å². The number of amides is 1. The third kappa shape index (κ3) is 4.58. The van der Waals surface area contributed by atoms with E-state index in [4.69, 9.17) is 0 Å². The summed E-state index contributed by atoms with van der Waals surface area (Å²) in [6.45, 7) is 3.13. The molecule has 1 fully saturated rings. The molecule has 1 amide bonds. The summed E-state index contributed by atoms with van der Waals surface area (Å²) >= 11 is 1.20. The van der Waals surface area contributed by atoms with Gasteiger partial charge in [0.05, 0.1) is 12.5 Å². The first-order valence-electron chi connectivity index (χ1n) is 10.3. The number of nitrogens with one attached hydrogen (secondary N) is 1. The van der Waals surface area contributed by atoms with Crippen molar-refractivity contribution < 1.29 is 13.2 Å². The van der Waals surface area contributed by atoms with Gasteiger partial charge in [-0.05, 0) is 54.3 Å². The zero-order chi connectivity index (χ0) is 21.1. The Morgan fingerprint density at radius 2 is 1.77 bits per heavy atom. The second kappa shape index (κ2) is 8.88. The molecule has 2 aromatic carbocycles. The van der Waals surface area contributed by atoms with E-state index in [0.29, 0.717) is 17.3 Å². The Morgan fingerprint density at radius 1 is 1.03 bits per heavy atom. The maximum absolute atomic E-state index is 12.8. The number of rotatable bonds is 6. The lowest BCUT2D eigenvalue weighted by atomic mass is 10.0. The first kappa shape index (κ1) is 21.0. The van der Waals surface area contributed by atoms with Gasteiger partial charge in [0.25, 0.3) is 10.0 Å². The number of hydrogen-bond donors (Lipinski definition) is 1. The fourth-order valence-electron chi connectivity index (χ4n) is 3.84. The molecule has 3 aromatic rings. The normalized spacial score (nSPS) is 16.4. The molecule has 0 saturated carbocycles. The molecule has 0 spiro atoms. The smallest absolute Gasteiger partial charge is 0.252 e. The maximum Gasteiger partial charge on any atom is 0.252 e. The van der Waals surface area contributed by atoms with Gasteiger partial charge >= 0.3 is 0 Å². The molecular weight excluding hydrogens is 416 g/mol. The molecule has 2 heterocycles. The fraction of sp³-hybridized carbons (Fsp3) is 0.348. The summed E-state index contributed by atoms with van der Waals surface area (Å²) in [5, 5.41) is 5.34. The number of piperidine rings is 1. The lowest BCUT2D eigenvalue weighted by Gasteiger charge is -2.25. The molecule has 1 atom stereocenters. The number of carbonyl (C=O) groups is 1. The molecule has 5 nitrogen and oxygen atoms in total. The molecule has 1 unspecified atom stereocenters. The number of thiophene rings is 1. The third-order valence-electron chi connectivity index (χ3n) is 5.53. The van der Waals surface area contributed by atoms with Gasteiger partial charge in [0.2, 0.25) is 5.91 Å². The van der Waals surface area contributed by atoms with Gasteiger partial charge in [-0.2, -0.15) is 4.31 Å². The monoisotopic (exact) mass is 442 g/mol. The summed E-state index contributed by atoms with van der Waals surface area (Å²) in [4.78, 5) is 13.3. The highest BCUT2D eigenvalue weighted by Crippen LogP contribution is 2.27. The van der Waals surface area contributed by atoms with Gasteiger partial charge in [-0.1, -0.05) is 42.8 Å². The minimum Gasteiger partial charge on any atom is -0.349 e. The van der Waals surface area contributed by atoms with Crippen LogP contribution in [-0.4, -0.2) is 31.7 Å². The van der Waals surface area contributed by atoms with Crippen molar-refractivity contribution in [1.82, 2.24) is 9.62 Å². The van der Waals surface area contributed by atoms with E-state index < -0.39 is 10.0 Å². The van der Waals surface area contributed by atoms with Crippen molar-refractivity contribution in [1.29, 1.82) is 0 Å². The van der Waals surface area contributed by atoms with E-state index in [9.17, 15) is 13.2 Å². The van der Waals surface area contributed by atoms with Gasteiger partial charge in [0, 0.05) is 18.0 Å². The van der Waals surface area contributed by atoms with Gasteiger partial charge in [0.15, 0.2) is 0 Å². The molecule has 0 bridgehead atoms. The van der Waals surface area contributed by atoms with E-state index in [-0.39, 0.29) is 18.4 Å². The van der Waals surface area contributed by atoms with Gasteiger partial charge in [-0.15, -0.1) is 11.3 Å².